The van der Waals surface area contributed by atoms with Gasteiger partial charge in [-0.1, -0.05) is 23.2 Å². The van der Waals surface area contributed by atoms with Crippen LogP contribution in [-0.4, -0.2) is 45.0 Å². The number of rotatable bonds is 8. The van der Waals surface area contributed by atoms with Gasteiger partial charge in [-0.3, -0.25) is 4.79 Å². The Hall–Kier alpha value is -2.13. The Balaban J connectivity index is 1.97. The van der Waals surface area contributed by atoms with Gasteiger partial charge in [0.05, 0.1) is 24.4 Å². The summed E-state index contributed by atoms with van der Waals surface area (Å²) in [5.74, 6) is 0.126. The van der Waals surface area contributed by atoms with E-state index in [9.17, 15) is 13.2 Å². The van der Waals surface area contributed by atoms with Crippen LogP contribution in [0.15, 0.2) is 52.5 Å². The molecule has 2 aromatic rings. The van der Waals surface area contributed by atoms with Crippen molar-refractivity contribution in [2.75, 3.05) is 20.2 Å². The molecular weight excluding hydrogens is 425 g/mol. The van der Waals surface area contributed by atoms with Crippen LogP contribution < -0.4 is 10.2 Å². The van der Waals surface area contributed by atoms with Crippen LogP contribution in [0.2, 0.25) is 10.0 Å². The van der Waals surface area contributed by atoms with Gasteiger partial charge in [0.2, 0.25) is 10.0 Å². The molecular formula is C18H19Cl2N3O4S. The topological polar surface area (TPSA) is 88.1 Å². The normalized spacial score (nSPS) is 11.8. The molecule has 0 aliphatic rings. The summed E-state index contributed by atoms with van der Waals surface area (Å²) in [7, 11) is -2.72. The lowest BCUT2D eigenvalue weighted by Gasteiger charge is -2.17. The zero-order valence-electron chi connectivity index (χ0n) is 15.2. The summed E-state index contributed by atoms with van der Waals surface area (Å²) in [5.41, 5.74) is 3.03. The van der Waals surface area contributed by atoms with Crippen molar-refractivity contribution in [1.29, 1.82) is 0 Å². The van der Waals surface area contributed by atoms with E-state index in [-0.39, 0.29) is 14.9 Å². The second-order valence-corrected chi connectivity index (χ2v) is 8.49. The Labute approximate surface area is 173 Å². The van der Waals surface area contributed by atoms with Crippen molar-refractivity contribution < 1.29 is 17.9 Å². The van der Waals surface area contributed by atoms with E-state index in [0.29, 0.717) is 6.61 Å². The van der Waals surface area contributed by atoms with Crippen LogP contribution in [0.5, 0.6) is 5.75 Å². The zero-order chi connectivity index (χ0) is 20.7. The highest BCUT2D eigenvalue weighted by molar-refractivity contribution is 7.89. The number of carbonyl (C=O) groups excluding carboxylic acids is 1. The molecule has 28 heavy (non-hydrogen) atoms. The number of carbonyl (C=O) groups is 1. The number of likely N-dealkylation sites (N-methyl/N-ethyl adjacent to an activating group) is 1. The van der Waals surface area contributed by atoms with Gasteiger partial charge < -0.3 is 4.74 Å². The maximum atomic E-state index is 12.6. The lowest BCUT2D eigenvalue weighted by molar-refractivity contribution is -0.121. The molecule has 7 nitrogen and oxygen atoms in total. The molecule has 0 radical (unpaired) electrons. The van der Waals surface area contributed by atoms with E-state index in [1.54, 1.807) is 24.3 Å². The second kappa shape index (κ2) is 9.88. The number of benzene rings is 2. The zero-order valence-corrected chi connectivity index (χ0v) is 17.6. The monoisotopic (exact) mass is 443 g/mol. The molecule has 150 valence electrons. The van der Waals surface area contributed by atoms with Crippen LogP contribution >= 0.6 is 23.2 Å². The lowest BCUT2D eigenvalue weighted by atomic mass is 10.2. The van der Waals surface area contributed by atoms with Gasteiger partial charge in [-0.05, 0) is 55.0 Å². The van der Waals surface area contributed by atoms with E-state index in [1.807, 2.05) is 6.92 Å². The van der Waals surface area contributed by atoms with E-state index >= 15 is 0 Å². The van der Waals surface area contributed by atoms with Crippen LogP contribution in [-0.2, 0) is 14.8 Å². The van der Waals surface area contributed by atoms with E-state index in [4.69, 9.17) is 27.9 Å². The van der Waals surface area contributed by atoms with Crippen LogP contribution in [0.4, 0.5) is 0 Å². The molecule has 2 rings (SSSR count). The van der Waals surface area contributed by atoms with Crippen molar-refractivity contribution in [3.05, 3.63) is 58.1 Å². The molecule has 2 aromatic carbocycles. The van der Waals surface area contributed by atoms with Crippen molar-refractivity contribution in [2.45, 2.75) is 11.8 Å². The summed E-state index contributed by atoms with van der Waals surface area (Å²) in [6.45, 7) is 2.02. The van der Waals surface area contributed by atoms with Gasteiger partial charge in [-0.15, -0.1) is 0 Å². The standard InChI is InChI=1S/C18H19Cl2N3O4S/c1-3-27-15-7-4-13(5-8-15)11-21-22-18(24)12-23(2)28(25,26)17-10-14(19)6-9-16(17)20/h4-11H,3,12H2,1-2H3,(H,22,24)/b21-11-. The summed E-state index contributed by atoms with van der Waals surface area (Å²) in [6, 6.07) is 11.2. The number of hydrogen-bond acceptors (Lipinski definition) is 5. The number of hydrazone groups is 1. The summed E-state index contributed by atoms with van der Waals surface area (Å²) in [5, 5.41) is 4.06. The number of sulfonamides is 1. The molecule has 0 atom stereocenters. The summed E-state index contributed by atoms with van der Waals surface area (Å²) in [4.78, 5) is 11.8. The molecule has 0 aliphatic carbocycles. The SMILES string of the molecule is CCOc1ccc(/C=N\NC(=O)CN(C)S(=O)(=O)c2cc(Cl)ccc2Cl)cc1. The van der Waals surface area contributed by atoms with Crippen LogP contribution in [0.3, 0.4) is 0 Å². The largest absolute Gasteiger partial charge is 0.494 e. The highest BCUT2D eigenvalue weighted by Crippen LogP contribution is 2.27. The molecule has 0 saturated carbocycles. The average Bonchev–Trinajstić information content (AvgIpc) is 2.65. The minimum atomic E-state index is -3.98. The Morgan fingerprint density at radius 2 is 1.89 bits per heavy atom. The first kappa shape index (κ1) is 22.2. The fourth-order valence-electron chi connectivity index (χ4n) is 2.16. The Morgan fingerprint density at radius 1 is 1.21 bits per heavy atom. The highest BCUT2D eigenvalue weighted by atomic mass is 35.5. The van der Waals surface area contributed by atoms with Crippen LogP contribution in [0, 0.1) is 0 Å². The Kier molecular flexibility index (Phi) is 7.82. The smallest absolute Gasteiger partial charge is 0.255 e. The van der Waals surface area contributed by atoms with E-state index in [1.165, 1.54) is 31.5 Å². The fraction of sp³-hybridized carbons (Fsp3) is 0.222. The van der Waals surface area contributed by atoms with Gasteiger partial charge in [0, 0.05) is 12.1 Å². The third kappa shape index (κ3) is 5.93. The number of ether oxygens (including phenoxy) is 1. The minimum Gasteiger partial charge on any atom is -0.494 e. The van der Waals surface area contributed by atoms with Gasteiger partial charge in [-0.25, -0.2) is 13.8 Å². The quantitative estimate of drug-likeness (QED) is 0.501. The highest BCUT2D eigenvalue weighted by Gasteiger charge is 2.25. The molecule has 0 bridgehead atoms. The number of hydrogen-bond donors (Lipinski definition) is 1. The van der Waals surface area contributed by atoms with Crippen LogP contribution in [0.1, 0.15) is 12.5 Å². The van der Waals surface area contributed by atoms with Crippen molar-refractivity contribution in [3.63, 3.8) is 0 Å². The molecule has 0 spiro atoms. The maximum Gasteiger partial charge on any atom is 0.255 e. The fourth-order valence-corrected chi connectivity index (χ4v) is 4.02. The molecule has 0 saturated heterocycles. The van der Waals surface area contributed by atoms with Gasteiger partial charge in [0.1, 0.15) is 10.6 Å². The Bertz CT molecular complexity index is 963. The van der Waals surface area contributed by atoms with Crippen molar-refractivity contribution in [2.24, 2.45) is 5.10 Å². The van der Waals surface area contributed by atoms with Crippen molar-refractivity contribution >= 4 is 45.3 Å². The first-order valence-electron chi connectivity index (χ1n) is 8.20. The van der Waals surface area contributed by atoms with E-state index < -0.39 is 22.5 Å². The number of amides is 1. The van der Waals surface area contributed by atoms with Gasteiger partial charge in [-0.2, -0.15) is 9.41 Å². The third-order valence-electron chi connectivity index (χ3n) is 3.54. The first-order chi connectivity index (χ1) is 13.2. The molecule has 1 amide bonds. The lowest BCUT2D eigenvalue weighted by Crippen LogP contribution is -2.36. The summed E-state index contributed by atoms with van der Waals surface area (Å²) >= 11 is 11.8. The number of nitrogens with one attached hydrogen (secondary N) is 1. The molecule has 0 aromatic heterocycles. The van der Waals surface area contributed by atoms with Gasteiger partial charge >= 0.3 is 0 Å². The molecule has 10 heteroatoms. The number of halogens is 2. The first-order valence-corrected chi connectivity index (χ1v) is 10.4. The maximum absolute atomic E-state index is 12.6. The summed E-state index contributed by atoms with van der Waals surface area (Å²) < 4.78 is 31.4. The molecule has 0 aliphatic heterocycles. The predicted octanol–water partition coefficient (Wildman–Crippen LogP) is 3.16. The average molecular weight is 444 g/mol. The second-order valence-electron chi connectivity index (χ2n) is 5.63. The van der Waals surface area contributed by atoms with Crippen LogP contribution in [0.25, 0.3) is 0 Å². The third-order valence-corrected chi connectivity index (χ3v) is 6.06. The predicted molar refractivity (Wildman–Crippen MR) is 110 cm³/mol. The minimum absolute atomic E-state index is 0.0187. The van der Waals surface area contributed by atoms with Crippen molar-refractivity contribution in [3.8, 4) is 5.75 Å². The number of nitrogens with zero attached hydrogens (tertiary/aromatic N) is 2. The van der Waals surface area contributed by atoms with Crippen molar-refractivity contribution in [1.82, 2.24) is 9.73 Å². The van der Waals surface area contributed by atoms with Gasteiger partial charge in [0.25, 0.3) is 5.91 Å². The van der Waals surface area contributed by atoms with E-state index in [0.717, 1.165) is 15.6 Å². The molecule has 1 N–H and O–H groups in total. The molecule has 0 heterocycles. The Morgan fingerprint density at radius 3 is 2.54 bits per heavy atom. The summed E-state index contributed by atoms with van der Waals surface area (Å²) in [6.07, 6.45) is 1.44. The van der Waals surface area contributed by atoms with Gasteiger partial charge in [0.15, 0.2) is 0 Å². The molecule has 0 fully saturated rings. The van der Waals surface area contributed by atoms with E-state index in [2.05, 4.69) is 10.5 Å². The molecule has 0 unspecified atom stereocenters.